The normalized spacial score (nSPS) is 10.9. The number of rotatable bonds is 2. The van der Waals surface area contributed by atoms with Crippen molar-refractivity contribution in [1.29, 1.82) is 0 Å². The van der Waals surface area contributed by atoms with Crippen molar-refractivity contribution in [3.63, 3.8) is 0 Å². The molecule has 5 nitrogen and oxygen atoms in total. The van der Waals surface area contributed by atoms with E-state index in [9.17, 15) is 9.18 Å². The number of aromatic nitrogens is 3. The number of halogens is 1. The maximum atomic E-state index is 13.7. The number of nitrogens with one attached hydrogen (secondary N) is 1. The van der Waals surface area contributed by atoms with Crippen LogP contribution in [0.25, 0.3) is 11.0 Å². The van der Waals surface area contributed by atoms with Crippen LogP contribution >= 0.6 is 0 Å². The van der Waals surface area contributed by atoms with Crippen LogP contribution in [0.3, 0.4) is 0 Å². The molecule has 0 saturated heterocycles. The molecule has 0 radical (unpaired) electrons. The van der Waals surface area contributed by atoms with Crippen LogP contribution in [0.5, 0.6) is 0 Å². The summed E-state index contributed by atoms with van der Waals surface area (Å²) in [7, 11) is 1.80. The van der Waals surface area contributed by atoms with Gasteiger partial charge in [-0.15, -0.1) is 0 Å². The van der Waals surface area contributed by atoms with Crippen LogP contribution in [0.15, 0.2) is 30.5 Å². The van der Waals surface area contributed by atoms with Gasteiger partial charge in [0.2, 0.25) is 0 Å². The SMILES string of the molecule is Cc1ccc(F)c(NC(=O)c2cnc3c(c2)c(C)nn3C)c1. The van der Waals surface area contributed by atoms with E-state index < -0.39 is 11.7 Å². The monoisotopic (exact) mass is 298 g/mol. The molecule has 0 unspecified atom stereocenters. The maximum Gasteiger partial charge on any atom is 0.257 e. The van der Waals surface area contributed by atoms with Crippen LogP contribution in [-0.2, 0) is 7.05 Å². The van der Waals surface area contributed by atoms with Crippen LogP contribution < -0.4 is 5.32 Å². The van der Waals surface area contributed by atoms with Crippen molar-refractivity contribution in [3.8, 4) is 0 Å². The van der Waals surface area contributed by atoms with Gasteiger partial charge in [0, 0.05) is 18.6 Å². The molecule has 0 aliphatic heterocycles. The summed E-state index contributed by atoms with van der Waals surface area (Å²) in [6, 6.07) is 6.29. The number of hydrogen-bond acceptors (Lipinski definition) is 3. The standard InChI is InChI=1S/C16H15FN4O/c1-9-4-5-13(17)14(6-9)19-16(22)11-7-12-10(2)20-21(3)15(12)18-8-11/h4-8H,1-3H3,(H,19,22). The van der Waals surface area contributed by atoms with Crippen LogP contribution in [0.2, 0.25) is 0 Å². The second kappa shape index (κ2) is 5.22. The molecule has 3 rings (SSSR count). The Labute approximate surface area is 126 Å². The van der Waals surface area contributed by atoms with E-state index in [4.69, 9.17) is 0 Å². The molecule has 6 heteroatoms. The molecule has 1 aromatic carbocycles. The van der Waals surface area contributed by atoms with E-state index in [1.54, 1.807) is 29.9 Å². The average molecular weight is 298 g/mol. The van der Waals surface area contributed by atoms with E-state index in [1.807, 2.05) is 13.8 Å². The summed E-state index contributed by atoms with van der Waals surface area (Å²) in [5.74, 6) is -0.868. The molecule has 2 heterocycles. The van der Waals surface area contributed by atoms with Crippen LogP contribution in [0.1, 0.15) is 21.6 Å². The van der Waals surface area contributed by atoms with E-state index in [0.717, 1.165) is 16.6 Å². The summed E-state index contributed by atoms with van der Waals surface area (Å²) in [6.45, 7) is 3.69. The minimum atomic E-state index is -0.467. The Hall–Kier alpha value is -2.76. The molecule has 1 N–H and O–H groups in total. The van der Waals surface area contributed by atoms with Gasteiger partial charge in [-0.05, 0) is 37.6 Å². The molecule has 0 fully saturated rings. The number of fused-ring (bicyclic) bond motifs is 1. The Morgan fingerprint density at radius 3 is 2.82 bits per heavy atom. The van der Waals surface area contributed by atoms with Gasteiger partial charge in [-0.2, -0.15) is 5.10 Å². The first kappa shape index (κ1) is 14.2. The van der Waals surface area contributed by atoms with Gasteiger partial charge in [0.25, 0.3) is 5.91 Å². The number of anilines is 1. The third kappa shape index (κ3) is 2.43. The van der Waals surface area contributed by atoms with Gasteiger partial charge in [-0.1, -0.05) is 6.07 Å². The molecule has 0 aliphatic rings. The highest BCUT2D eigenvalue weighted by atomic mass is 19.1. The van der Waals surface area contributed by atoms with Gasteiger partial charge in [0.15, 0.2) is 5.65 Å². The van der Waals surface area contributed by atoms with E-state index in [1.165, 1.54) is 12.3 Å². The summed E-state index contributed by atoms with van der Waals surface area (Å²) >= 11 is 0. The fraction of sp³-hybridized carbons (Fsp3) is 0.188. The van der Waals surface area contributed by atoms with Crippen molar-refractivity contribution in [2.75, 3.05) is 5.32 Å². The lowest BCUT2D eigenvalue weighted by Crippen LogP contribution is -2.13. The molecule has 0 spiro atoms. The highest BCUT2D eigenvalue weighted by Crippen LogP contribution is 2.19. The zero-order valence-electron chi connectivity index (χ0n) is 12.5. The molecule has 112 valence electrons. The largest absolute Gasteiger partial charge is 0.319 e. The predicted octanol–water partition coefficient (Wildman–Crippen LogP) is 2.98. The summed E-state index contributed by atoms with van der Waals surface area (Å²) in [5, 5.41) is 7.65. The van der Waals surface area contributed by atoms with Gasteiger partial charge >= 0.3 is 0 Å². The van der Waals surface area contributed by atoms with Gasteiger partial charge in [-0.3, -0.25) is 9.48 Å². The van der Waals surface area contributed by atoms with Crippen LogP contribution in [0.4, 0.5) is 10.1 Å². The highest BCUT2D eigenvalue weighted by Gasteiger charge is 2.13. The molecular formula is C16H15FN4O. The Morgan fingerprint density at radius 2 is 2.05 bits per heavy atom. The number of amides is 1. The second-order valence-electron chi connectivity index (χ2n) is 5.24. The summed E-state index contributed by atoms with van der Waals surface area (Å²) in [5.41, 5.74) is 2.89. The number of carbonyl (C=O) groups excluding carboxylic acids is 1. The van der Waals surface area contributed by atoms with Crippen molar-refractivity contribution in [2.24, 2.45) is 7.05 Å². The van der Waals surface area contributed by atoms with Gasteiger partial charge in [0.05, 0.1) is 16.9 Å². The second-order valence-corrected chi connectivity index (χ2v) is 5.24. The molecule has 0 saturated carbocycles. The lowest BCUT2D eigenvalue weighted by molar-refractivity contribution is 0.102. The van der Waals surface area contributed by atoms with Gasteiger partial charge < -0.3 is 5.32 Å². The topological polar surface area (TPSA) is 59.8 Å². The number of benzene rings is 1. The molecular weight excluding hydrogens is 283 g/mol. The van der Waals surface area contributed by atoms with Crippen molar-refractivity contribution in [1.82, 2.24) is 14.8 Å². The van der Waals surface area contributed by atoms with Gasteiger partial charge in [0.1, 0.15) is 5.82 Å². The minimum Gasteiger partial charge on any atom is -0.319 e. The summed E-state index contributed by atoms with van der Waals surface area (Å²) < 4.78 is 15.4. The van der Waals surface area contributed by atoms with Crippen LogP contribution in [-0.4, -0.2) is 20.7 Å². The molecule has 0 bridgehead atoms. The summed E-state index contributed by atoms with van der Waals surface area (Å²) in [4.78, 5) is 16.5. The van der Waals surface area contributed by atoms with Crippen LogP contribution in [0, 0.1) is 19.7 Å². The number of hydrogen-bond donors (Lipinski definition) is 1. The Balaban J connectivity index is 1.95. The first-order chi connectivity index (χ1) is 10.5. The third-order valence-electron chi connectivity index (χ3n) is 3.50. The molecule has 0 aliphatic carbocycles. The Kier molecular flexibility index (Phi) is 3.36. The lowest BCUT2D eigenvalue weighted by atomic mass is 10.1. The van der Waals surface area contributed by atoms with Crippen molar-refractivity contribution in [3.05, 3.63) is 53.1 Å². The Bertz CT molecular complexity index is 885. The van der Waals surface area contributed by atoms with Gasteiger partial charge in [-0.25, -0.2) is 9.37 Å². The summed E-state index contributed by atoms with van der Waals surface area (Å²) in [6.07, 6.45) is 1.46. The smallest absolute Gasteiger partial charge is 0.257 e. The zero-order valence-corrected chi connectivity index (χ0v) is 12.5. The number of pyridine rings is 1. The number of carbonyl (C=O) groups is 1. The van der Waals surface area contributed by atoms with E-state index >= 15 is 0 Å². The van der Waals surface area contributed by atoms with E-state index in [-0.39, 0.29) is 5.69 Å². The maximum absolute atomic E-state index is 13.7. The number of aryl methyl sites for hydroxylation is 3. The predicted molar refractivity (Wildman–Crippen MR) is 82.3 cm³/mol. The highest BCUT2D eigenvalue weighted by molar-refractivity contribution is 6.05. The quantitative estimate of drug-likeness (QED) is 0.791. The number of nitrogens with zero attached hydrogens (tertiary/aromatic N) is 3. The van der Waals surface area contributed by atoms with Crippen molar-refractivity contribution < 1.29 is 9.18 Å². The first-order valence-corrected chi connectivity index (χ1v) is 6.82. The molecule has 3 aromatic rings. The zero-order chi connectivity index (χ0) is 15.9. The fourth-order valence-electron chi connectivity index (χ4n) is 2.36. The Morgan fingerprint density at radius 1 is 1.27 bits per heavy atom. The first-order valence-electron chi connectivity index (χ1n) is 6.82. The molecule has 2 aromatic heterocycles. The lowest BCUT2D eigenvalue weighted by Gasteiger charge is -2.07. The van der Waals surface area contributed by atoms with E-state index in [2.05, 4.69) is 15.4 Å². The van der Waals surface area contributed by atoms with Crippen molar-refractivity contribution >= 4 is 22.6 Å². The average Bonchev–Trinajstić information content (AvgIpc) is 2.77. The molecule has 1 amide bonds. The third-order valence-corrected chi connectivity index (χ3v) is 3.50. The van der Waals surface area contributed by atoms with Crippen molar-refractivity contribution in [2.45, 2.75) is 13.8 Å². The fourth-order valence-corrected chi connectivity index (χ4v) is 2.36. The molecule has 22 heavy (non-hydrogen) atoms. The minimum absolute atomic E-state index is 0.160. The molecule has 0 atom stereocenters. The van der Waals surface area contributed by atoms with E-state index in [0.29, 0.717) is 11.2 Å².